The van der Waals surface area contributed by atoms with E-state index >= 15 is 0 Å². The van der Waals surface area contributed by atoms with Gasteiger partial charge in [0.05, 0.1) is 6.04 Å². The highest BCUT2D eigenvalue weighted by atomic mass is 16.1. The van der Waals surface area contributed by atoms with Gasteiger partial charge >= 0.3 is 0 Å². The van der Waals surface area contributed by atoms with Gasteiger partial charge in [0.15, 0.2) is 0 Å². The molecule has 0 radical (unpaired) electrons. The van der Waals surface area contributed by atoms with Crippen LogP contribution in [0.25, 0.3) is 0 Å². The number of nitrogens with one attached hydrogen (secondary N) is 2. The summed E-state index contributed by atoms with van der Waals surface area (Å²) in [7, 11) is 0. The summed E-state index contributed by atoms with van der Waals surface area (Å²) in [5, 5.41) is 7.03. The van der Waals surface area contributed by atoms with E-state index in [1.165, 1.54) is 12.8 Å². The van der Waals surface area contributed by atoms with Crippen molar-refractivity contribution in [2.75, 3.05) is 31.5 Å². The number of nitrogens with two attached hydrogens (primary N) is 1. The highest BCUT2D eigenvalue weighted by molar-refractivity contribution is 5.95. The monoisotopic (exact) mass is 302 g/mol. The van der Waals surface area contributed by atoms with E-state index in [1.807, 2.05) is 26.0 Å². The summed E-state index contributed by atoms with van der Waals surface area (Å²) in [4.78, 5) is 14.0. The summed E-state index contributed by atoms with van der Waals surface area (Å²) < 4.78 is 0. The summed E-state index contributed by atoms with van der Waals surface area (Å²) in [6.07, 6.45) is 2.52. The maximum atomic E-state index is 11.4. The number of carbonyl (C=O) groups is 1. The lowest BCUT2D eigenvalue weighted by Crippen LogP contribution is -2.60. The second kappa shape index (κ2) is 6.26. The van der Waals surface area contributed by atoms with Crippen LogP contribution in [-0.4, -0.2) is 49.1 Å². The van der Waals surface area contributed by atoms with Crippen LogP contribution in [0, 0.1) is 13.8 Å². The van der Waals surface area contributed by atoms with Crippen LogP contribution in [0.3, 0.4) is 0 Å². The molecule has 0 aliphatic carbocycles. The van der Waals surface area contributed by atoms with E-state index in [4.69, 9.17) is 5.73 Å². The second-order valence-corrected chi connectivity index (χ2v) is 6.55. The third-order valence-corrected chi connectivity index (χ3v) is 5.15. The van der Waals surface area contributed by atoms with Crippen molar-refractivity contribution in [3.05, 3.63) is 28.8 Å². The molecule has 4 N–H and O–H groups in total. The van der Waals surface area contributed by atoms with Crippen molar-refractivity contribution in [2.45, 2.75) is 38.8 Å². The molecule has 2 aliphatic rings. The molecule has 0 saturated carbocycles. The Morgan fingerprint density at radius 2 is 1.91 bits per heavy atom. The molecule has 1 aromatic carbocycles. The Morgan fingerprint density at radius 1 is 1.23 bits per heavy atom. The van der Waals surface area contributed by atoms with Crippen molar-refractivity contribution in [1.29, 1.82) is 0 Å². The Balaban J connectivity index is 1.59. The lowest BCUT2D eigenvalue weighted by Gasteiger charge is -2.46. The van der Waals surface area contributed by atoms with E-state index in [-0.39, 0.29) is 5.91 Å². The highest BCUT2D eigenvalue weighted by Crippen LogP contribution is 2.26. The first-order valence-electron chi connectivity index (χ1n) is 8.17. The van der Waals surface area contributed by atoms with Gasteiger partial charge in [0.25, 0.3) is 0 Å². The maximum absolute atomic E-state index is 11.4. The molecule has 120 valence electrons. The number of nitrogens with zero attached hydrogens (tertiary/aromatic N) is 1. The van der Waals surface area contributed by atoms with Crippen molar-refractivity contribution in [3.63, 3.8) is 0 Å². The Morgan fingerprint density at radius 3 is 2.55 bits per heavy atom. The fraction of sp³-hybridized carbons (Fsp3) is 0.588. The van der Waals surface area contributed by atoms with Crippen molar-refractivity contribution in [1.82, 2.24) is 10.2 Å². The Labute approximate surface area is 132 Å². The zero-order chi connectivity index (χ0) is 15.7. The zero-order valence-electron chi connectivity index (χ0n) is 13.5. The van der Waals surface area contributed by atoms with Gasteiger partial charge in [-0.25, -0.2) is 0 Å². The molecule has 3 rings (SSSR count). The SMILES string of the molecule is Cc1c(NC2CN(C3CCNCC3)C2)ccc(C(N)=O)c1C. The number of piperidine rings is 1. The van der Waals surface area contributed by atoms with Crippen LogP contribution in [0.4, 0.5) is 5.69 Å². The lowest BCUT2D eigenvalue weighted by atomic mass is 9.97. The largest absolute Gasteiger partial charge is 0.380 e. The molecule has 5 heteroatoms. The Hall–Kier alpha value is -1.59. The molecule has 2 heterocycles. The molecule has 0 aromatic heterocycles. The normalized spacial score (nSPS) is 20.6. The third-order valence-electron chi connectivity index (χ3n) is 5.15. The minimum atomic E-state index is -0.354. The van der Waals surface area contributed by atoms with Gasteiger partial charge in [0, 0.05) is 30.4 Å². The average molecular weight is 302 g/mol. The first-order valence-corrected chi connectivity index (χ1v) is 8.17. The van der Waals surface area contributed by atoms with Crippen molar-refractivity contribution in [3.8, 4) is 0 Å². The molecule has 5 nitrogen and oxygen atoms in total. The van der Waals surface area contributed by atoms with Gasteiger partial charge in [-0.1, -0.05) is 0 Å². The van der Waals surface area contributed by atoms with Crippen LogP contribution >= 0.6 is 0 Å². The third kappa shape index (κ3) is 2.96. The van der Waals surface area contributed by atoms with Crippen LogP contribution in [0.5, 0.6) is 0 Å². The standard InChI is InChI=1S/C17H26N4O/c1-11-12(2)16(4-3-15(11)17(18)22)20-13-9-21(10-13)14-5-7-19-8-6-14/h3-4,13-14,19-20H,5-10H2,1-2H3,(H2,18,22). The van der Waals surface area contributed by atoms with E-state index in [1.54, 1.807) is 0 Å². The molecule has 0 unspecified atom stereocenters. The molecule has 0 atom stereocenters. The number of primary amides is 1. The minimum Gasteiger partial charge on any atom is -0.380 e. The predicted octanol–water partition coefficient (Wildman–Crippen LogP) is 1.25. The first kappa shape index (κ1) is 15.3. The van der Waals surface area contributed by atoms with E-state index < -0.39 is 0 Å². The molecule has 0 bridgehead atoms. The average Bonchev–Trinajstić information content (AvgIpc) is 2.47. The number of hydrogen-bond acceptors (Lipinski definition) is 4. The fourth-order valence-electron chi connectivity index (χ4n) is 3.54. The van der Waals surface area contributed by atoms with Crippen LogP contribution in [0.15, 0.2) is 12.1 Å². The molecular weight excluding hydrogens is 276 g/mol. The molecule has 2 saturated heterocycles. The van der Waals surface area contributed by atoms with Crippen LogP contribution in [0.2, 0.25) is 0 Å². The summed E-state index contributed by atoms with van der Waals surface area (Å²) in [6, 6.07) is 5.07. The Bertz CT molecular complexity index is 560. The van der Waals surface area contributed by atoms with Crippen LogP contribution in [-0.2, 0) is 0 Å². The number of likely N-dealkylation sites (tertiary alicyclic amines) is 1. The van der Waals surface area contributed by atoms with E-state index in [0.29, 0.717) is 11.6 Å². The summed E-state index contributed by atoms with van der Waals surface area (Å²) in [5.74, 6) is -0.354. The van der Waals surface area contributed by atoms with Gasteiger partial charge in [0.1, 0.15) is 0 Å². The molecule has 22 heavy (non-hydrogen) atoms. The molecule has 2 aliphatic heterocycles. The lowest BCUT2D eigenvalue weighted by molar-refractivity contribution is 0.0828. The van der Waals surface area contributed by atoms with E-state index in [0.717, 1.165) is 49.0 Å². The molecule has 1 aromatic rings. The number of hydrogen-bond donors (Lipinski definition) is 3. The maximum Gasteiger partial charge on any atom is 0.248 e. The first-order chi connectivity index (χ1) is 10.6. The van der Waals surface area contributed by atoms with Gasteiger partial charge in [-0.05, 0) is 63.0 Å². The number of rotatable bonds is 4. The van der Waals surface area contributed by atoms with Crippen molar-refractivity contribution < 1.29 is 4.79 Å². The van der Waals surface area contributed by atoms with Crippen molar-refractivity contribution >= 4 is 11.6 Å². The summed E-state index contributed by atoms with van der Waals surface area (Å²) >= 11 is 0. The number of carbonyl (C=O) groups excluding carboxylic acids is 1. The number of amides is 1. The van der Waals surface area contributed by atoms with E-state index in [9.17, 15) is 4.79 Å². The van der Waals surface area contributed by atoms with Gasteiger partial charge in [0.2, 0.25) is 5.91 Å². The van der Waals surface area contributed by atoms with Gasteiger partial charge in [-0.3, -0.25) is 9.69 Å². The molecular formula is C17H26N4O. The zero-order valence-corrected chi connectivity index (χ0v) is 13.5. The van der Waals surface area contributed by atoms with Crippen molar-refractivity contribution in [2.24, 2.45) is 5.73 Å². The summed E-state index contributed by atoms with van der Waals surface area (Å²) in [5.41, 5.74) is 9.24. The van der Waals surface area contributed by atoms with Crippen LogP contribution < -0.4 is 16.4 Å². The molecule has 1 amide bonds. The smallest absolute Gasteiger partial charge is 0.248 e. The second-order valence-electron chi connectivity index (χ2n) is 6.55. The van der Waals surface area contributed by atoms with Crippen LogP contribution in [0.1, 0.15) is 34.3 Å². The van der Waals surface area contributed by atoms with Gasteiger partial charge < -0.3 is 16.4 Å². The minimum absolute atomic E-state index is 0.354. The summed E-state index contributed by atoms with van der Waals surface area (Å²) in [6.45, 7) is 8.52. The number of anilines is 1. The molecule has 2 fully saturated rings. The predicted molar refractivity (Wildman–Crippen MR) is 89.3 cm³/mol. The fourth-order valence-corrected chi connectivity index (χ4v) is 3.54. The Kier molecular flexibility index (Phi) is 4.36. The topological polar surface area (TPSA) is 70.4 Å². The van der Waals surface area contributed by atoms with E-state index in [2.05, 4.69) is 15.5 Å². The molecule has 0 spiro atoms. The van der Waals surface area contributed by atoms with Gasteiger partial charge in [-0.2, -0.15) is 0 Å². The quantitative estimate of drug-likeness (QED) is 0.783. The highest BCUT2D eigenvalue weighted by Gasteiger charge is 2.32. The van der Waals surface area contributed by atoms with Gasteiger partial charge in [-0.15, -0.1) is 0 Å². The number of benzene rings is 1.